The molecule has 0 spiro atoms. The molecule has 34 heavy (non-hydrogen) atoms. The molecule has 3 aromatic carbocycles. The third-order valence-electron chi connectivity index (χ3n) is 5.76. The van der Waals surface area contributed by atoms with E-state index in [1.165, 1.54) is 6.07 Å². The predicted octanol–water partition coefficient (Wildman–Crippen LogP) is 4.44. The highest BCUT2D eigenvalue weighted by Crippen LogP contribution is 2.37. The number of hydrogen-bond donors (Lipinski definition) is 1. The number of ether oxygens (including phenoxy) is 1. The molecule has 1 aromatic heterocycles. The van der Waals surface area contributed by atoms with E-state index >= 15 is 0 Å². The highest BCUT2D eigenvalue weighted by molar-refractivity contribution is 6.05. The van der Waals surface area contributed by atoms with E-state index in [0.717, 1.165) is 23.2 Å². The summed E-state index contributed by atoms with van der Waals surface area (Å²) in [5, 5.41) is 2.54. The van der Waals surface area contributed by atoms with Crippen LogP contribution in [0.1, 0.15) is 18.0 Å². The topological polar surface area (TPSA) is 76.5 Å². The molecule has 1 unspecified atom stereocenters. The first-order valence-corrected chi connectivity index (χ1v) is 10.6. The third-order valence-corrected chi connectivity index (χ3v) is 5.76. The molecule has 5 rings (SSSR count). The molecule has 1 atom stereocenters. The minimum atomic E-state index is -1.07. The molecule has 0 fully saturated rings. The average Bonchev–Trinajstić information content (AvgIpc) is 3.32. The fourth-order valence-electron chi connectivity index (χ4n) is 4.12. The molecule has 0 radical (unpaired) electrons. The van der Waals surface area contributed by atoms with Gasteiger partial charge in [-0.1, -0.05) is 24.3 Å². The number of anilines is 2. The number of carbonyl (C=O) groups excluding carboxylic acids is 2. The standard InChI is InChI=1S/C25H20F2N4O3/c1-34-17-9-6-15(7-10-17)14-30-24(33)22(31-21-5-3-2-4-20(21)29-25(30)31)13-23(32)28-16-8-11-18(26)19(27)12-16/h2-12,22H,13-14H2,1H3,(H,28,32). The lowest BCUT2D eigenvalue weighted by molar-refractivity contribution is -0.124. The Hall–Kier alpha value is -4.27. The number of rotatable bonds is 6. The van der Waals surface area contributed by atoms with E-state index in [0.29, 0.717) is 17.2 Å². The smallest absolute Gasteiger partial charge is 0.253 e. The molecule has 1 N–H and O–H groups in total. The molecule has 2 amide bonds. The maximum absolute atomic E-state index is 13.5. The molecule has 1 aliphatic rings. The Morgan fingerprint density at radius 3 is 2.56 bits per heavy atom. The van der Waals surface area contributed by atoms with Crippen LogP contribution >= 0.6 is 0 Å². The number of hydrogen-bond acceptors (Lipinski definition) is 4. The number of amides is 2. The lowest BCUT2D eigenvalue weighted by Crippen LogP contribution is -2.31. The largest absolute Gasteiger partial charge is 0.497 e. The molecule has 0 saturated heterocycles. The Kier molecular flexibility index (Phi) is 5.45. The van der Waals surface area contributed by atoms with Gasteiger partial charge in [0.1, 0.15) is 11.8 Å². The normalized spacial score (nSPS) is 15.0. The van der Waals surface area contributed by atoms with Crippen molar-refractivity contribution < 1.29 is 23.1 Å². The zero-order valence-corrected chi connectivity index (χ0v) is 18.2. The van der Waals surface area contributed by atoms with E-state index in [1.54, 1.807) is 16.6 Å². The SMILES string of the molecule is COc1ccc(CN2C(=O)C(CC(=O)Nc3ccc(F)c(F)c3)n3c2nc2ccccc23)cc1. The Balaban J connectivity index is 1.44. The molecule has 0 saturated carbocycles. The number of methoxy groups -OCH3 is 1. The van der Waals surface area contributed by atoms with Gasteiger partial charge < -0.3 is 10.1 Å². The highest BCUT2D eigenvalue weighted by Gasteiger charge is 2.40. The molecule has 1 aliphatic heterocycles. The van der Waals surface area contributed by atoms with E-state index in [4.69, 9.17) is 4.74 Å². The van der Waals surface area contributed by atoms with Gasteiger partial charge in [-0.25, -0.2) is 13.8 Å². The summed E-state index contributed by atoms with van der Waals surface area (Å²) in [6.45, 7) is 0.271. The maximum atomic E-state index is 13.5. The summed E-state index contributed by atoms with van der Waals surface area (Å²) in [5.41, 5.74) is 2.42. The number of para-hydroxylation sites is 2. The van der Waals surface area contributed by atoms with Crippen molar-refractivity contribution in [3.8, 4) is 5.75 Å². The van der Waals surface area contributed by atoms with Crippen LogP contribution in [0.2, 0.25) is 0 Å². The van der Waals surface area contributed by atoms with Crippen LogP contribution in [0.5, 0.6) is 5.75 Å². The first kappa shape index (κ1) is 21.6. The number of benzene rings is 3. The van der Waals surface area contributed by atoms with E-state index in [9.17, 15) is 18.4 Å². The third kappa shape index (κ3) is 3.85. The van der Waals surface area contributed by atoms with Gasteiger partial charge in [-0.15, -0.1) is 0 Å². The van der Waals surface area contributed by atoms with Gasteiger partial charge in [0.2, 0.25) is 11.9 Å². The van der Waals surface area contributed by atoms with Crippen LogP contribution in [0.3, 0.4) is 0 Å². The van der Waals surface area contributed by atoms with Gasteiger partial charge in [-0.05, 0) is 42.0 Å². The first-order valence-electron chi connectivity index (χ1n) is 10.6. The van der Waals surface area contributed by atoms with E-state index < -0.39 is 23.6 Å². The molecule has 4 aromatic rings. The number of carbonyl (C=O) groups is 2. The van der Waals surface area contributed by atoms with Gasteiger partial charge in [0.25, 0.3) is 5.91 Å². The fourth-order valence-corrected chi connectivity index (χ4v) is 4.12. The Morgan fingerprint density at radius 2 is 1.82 bits per heavy atom. The summed E-state index contributed by atoms with van der Waals surface area (Å²) >= 11 is 0. The van der Waals surface area contributed by atoms with Crippen molar-refractivity contribution in [1.29, 1.82) is 0 Å². The maximum Gasteiger partial charge on any atom is 0.253 e. The van der Waals surface area contributed by atoms with Crippen LogP contribution in [0, 0.1) is 11.6 Å². The van der Waals surface area contributed by atoms with Gasteiger partial charge in [0, 0.05) is 11.8 Å². The van der Waals surface area contributed by atoms with Crippen LogP contribution in [0.4, 0.5) is 20.4 Å². The number of fused-ring (bicyclic) bond motifs is 3. The van der Waals surface area contributed by atoms with Gasteiger partial charge in [-0.3, -0.25) is 19.1 Å². The predicted molar refractivity (Wildman–Crippen MR) is 123 cm³/mol. The second kappa shape index (κ2) is 8.58. The molecular weight excluding hydrogens is 442 g/mol. The number of halogens is 2. The molecule has 0 aliphatic carbocycles. The zero-order chi connectivity index (χ0) is 23.8. The van der Waals surface area contributed by atoms with E-state index in [2.05, 4.69) is 10.3 Å². The molecule has 0 bridgehead atoms. The van der Waals surface area contributed by atoms with Crippen LogP contribution in [0.15, 0.2) is 66.7 Å². The van der Waals surface area contributed by atoms with Crippen molar-refractivity contribution in [2.24, 2.45) is 0 Å². The minimum absolute atomic E-state index is 0.111. The summed E-state index contributed by atoms with van der Waals surface area (Å²) in [7, 11) is 1.58. The van der Waals surface area contributed by atoms with Crippen molar-refractivity contribution >= 4 is 34.5 Å². The summed E-state index contributed by atoms with van der Waals surface area (Å²) < 4.78 is 33.7. The molecule has 2 heterocycles. The summed E-state index contributed by atoms with van der Waals surface area (Å²) in [4.78, 5) is 32.4. The molecule has 7 nitrogen and oxygen atoms in total. The second-order valence-electron chi connectivity index (χ2n) is 7.94. The van der Waals surface area contributed by atoms with Crippen LogP contribution < -0.4 is 15.0 Å². The Morgan fingerprint density at radius 1 is 1.06 bits per heavy atom. The highest BCUT2D eigenvalue weighted by atomic mass is 19.2. The lowest BCUT2D eigenvalue weighted by Gasteiger charge is -2.16. The summed E-state index contributed by atoms with van der Waals surface area (Å²) in [6, 6.07) is 17.0. The van der Waals surface area contributed by atoms with Gasteiger partial charge in [0.05, 0.1) is 31.1 Å². The fraction of sp³-hybridized carbons (Fsp3) is 0.160. The number of nitrogens with one attached hydrogen (secondary N) is 1. The Labute approximate surface area is 193 Å². The van der Waals surface area contributed by atoms with E-state index in [-0.39, 0.29) is 24.6 Å². The molecule has 172 valence electrons. The quantitative estimate of drug-likeness (QED) is 0.460. The molecular formula is C25H20F2N4O3. The Bertz CT molecular complexity index is 1400. The van der Waals surface area contributed by atoms with Crippen LogP contribution in [0.25, 0.3) is 11.0 Å². The van der Waals surface area contributed by atoms with Gasteiger partial charge in [-0.2, -0.15) is 0 Å². The number of nitrogens with zero attached hydrogens (tertiary/aromatic N) is 3. The van der Waals surface area contributed by atoms with Gasteiger partial charge in [0.15, 0.2) is 11.6 Å². The zero-order valence-electron chi connectivity index (χ0n) is 18.2. The lowest BCUT2D eigenvalue weighted by atomic mass is 10.1. The minimum Gasteiger partial charge on any atom is -0.497 e. The number of imidazole rings is 1. The van der Waals surface area contributed by atoms with Crippen molar-refractivity contribution in [3.63, 3.8) is 0 Å². The monoisotopic (exact) mass is 462 g/mol. The van der Waals surface area contributed by atoms with Crippen molar-refractivity contribution in [1.82, 2.24) is 9.55 Å². The van der Waals surface area contributed by atoms with Crippen molar-refractivity contribution in [2.45, 2.75) is 19.0 Å². The summed E-state index contributed by atoms with van der Waals surface area (Å²) in [6.07, 6.45) is -0.190. The van der Waals surface area contributed by atoms with Crippen LogP contribution in [-0.2, 0) is 16.1 Å². The molecule has 9 heteroatoms. The van der Waals surface area contributed by atoms with E-state index in [1.807, 2.05) is 48.5 Å². The van der Waals surface area contributed by atoms with Gasteiger partial charge >= 0.3 is 0 Å². The van der Waals surface area contributed by atoms with Crippen LogP contribution in [-0.4, -0.2) is 28.5 Å². The number of aromatic nitrogens is 2. The second-order valence-corrected chi connectivity index (χ2v) is 7.94. The van der Waals surface area contributed by atoms with Crippen molar-refractivity contribution in [3.05, 3.63) is 83.9 Å². The first-order chi connectivity index (χ1) is 16.4. The van der Waals surface area contributed by atoms with Crippen molar-refractivity contribution in [2.75, 3.05) is 17.3 Å². The summed E-state index contributed by atoms with van der Waals surface area (Å²) in [5.74, 6) is -1.69. The average molecular weight is 462 g/mol.